The molecule has 0 radical (unpaired) electrons. The van der Waals surface area contributed by atoms with Crippen LogP contribution in [0.5, 0.6) is 11.5 Å². The number of likely N-dealkylation sites (tertiary alicyclic amines) is 1. The Morgan fingerprint density at radius 2 is 1.75 bits per heavy atom. The zero-order valence-corrected chi connectivity index (χ0v) is 23.2. The van der Waals surface area contributed by atoms with Crippen molar-refractivity contribution in [3.8, 4) is 17.6 Å². The summed E-state index contributed by atoms with van der Waals surface area (Å²) in [5.74, 6) is 1.27. The Bertz CT molecular complexity index is 1330. The van der Waals surface area contributed by atoms with E-state index in [-0.39, 0.29) is 29.7 Å². The number of nitriles is 1. The first-order valence-electron chi connectivity index (χ1n) is 14.1. The van der Waals surface area contributed by atoms with Gasteiger partial charge in [0.2, 0.25) is 11.8 Å². The third-order valence-electron chi connectivity index (χ3n) is 8.57. The molecule has 2 aromatic carbocycles. The second kappa shape index (κ2) is 12.1. The molecule has 1 saturated heterocycles. The molecule has 0 spiro atoms. The number of benzene rings is 2. The van der Waals surface area contributed by atoms with Crippen LogP contribution in [0.2, 0.25) is 0 Å². The van der Waals surface area contributed by atoms with Crippen LogP contribution in [0.4, 0.5) is 0 Å². The number of nitrogens with two attached hydrogens (primary N) is 1. The van der Waals surface area contributed by atoms with Crippen LogP contribution in [0, 0.1) is 23.2 Å². The van der Waals surface area contributed by atoms with Crippen LogP contribution in [0.15, 0.2) is 47.6 Å². The predicted molar refractivity (Wildman–Crippen MR) is 151 cm³/mol. The maximum absolute atomic E-state index is 13.7. The molecule has 1 saturated carbocycles. The van der Waals surface area contributed by atoms with Crippen molar-refractivity contribution in [2.75, 3.05) is 27.3 Å². The second-order valence-electron chi connectivity index (χ2n) is 10.9. The van der Waals surface area contributed by atoms with Gasteiger partial charge >= 0.3 is 0 Å². The van der Waals surface area contributed by atoms with E-state index >= 15 is 0 Å². The Balaban J connectivity index is 1.31. The maximum Gasteiger partial charge on any atom is 0.246 e. The van der Waals surface area contributed by atoms with Gasteiger partial charge in [-0.3, -0.25) is 9.59 Å². The average molecular weight is 544 g/mol. The van der Waals surface area contributed by atoms with Gasteiger partial charge < -0.3 is 20.1 Å². The number of carbonyl (C=O) groups excluding carboxylic acids is 2. The minimum absolute atomic E-state index is 0.0786. The van der Waals surface area contributed by atoms with Gasteiger partial charge in [-0.15, -0.1) is 0 Å². The molecule has 2 aromatic rings. The van der Waals surface area contributed by atoms with Crippen molar-refractivity contribution in [2.45, 2.75) is 57.0 Å². The molecule has 9 nitrogen and oxygen atoms in total. The smallest absolute Gasteiger partial charge is 0.246 e. The zero-order chi connectivity index (χ0) is 28.2. The molecule has 3 aliphatic rings. The molecule has 2 heterocycles. The Labute approximate surface area is 235 Å². The number of hydrogen-bond acceptors (Lipinski definition) is 7. The van der Waals surface area contributed by atoms with Gasteiger partial charge in [0, 0.05) is 30.5 Å². The summed E-state index contributed by atoms with van der Waals surface area (Å²) in [6, 6.07) is 14.4. The highest BCUT2D eigenvalue weighted by atomic mass is 16.5. The van der Waals surface area contributed by atoms with Crippen LogP contribution in [-0.2, 0) is 16.0 Å². The van der Waals surface area contributed by atoms with E-state index in [1.165, 1.54) is 0 Å². The van der Waals surface area contributed by atoms with Crippen molar-refractivity contribution in [3.05, 3.63) is 59.2 Å². The van der Waals surface area contributed by atoms with Gasteiger partial charge in [0.05, 0.1) is 43.6 Å². The van der Waals surface area contributed by atoms with Crippen LogP contribution in [-0.4, -0.2) is 66.8 Å². The highest BCUT2D eigenvalue weighted by molar-refractivity contribution is 6.07. The number of carbonyl (C=O) groups is 2. The molecule has 210 valence electrons. The number of ether oxygens (including phenoxy) is 2. The molecule has 2 amide bonds. The summed E-state index contributed by atoms with van der Waals surface area (Å²) in [6.45, 7) is 1.02. The van der Waals surface area contributed by atoms with Crippen molar-refractivity contribution in [3.63, 3.8) is 0 Å². The van der Waals surface area contributed by atoms with Gasteiger partial charge in [0.25, 0.3) is 0 Å². The molecular formula is C31H37N5O4. The number of piperidine rings is 1. The van der Waals surface area contributed by atoms with Gasteiger partial charge in [-0.05, 0) is 61.9 Å². The van der Waals surface area contributed by atoms with E-state index in [1.54, 1.807) is 36.3 Å². The fourth-order valence-corrected chi connectivity index (χ4v) is 6.39. The van der Waals surface area contributed by atoms with Gasteiger partial charge in [0.15, 0.2) is 11.5 Å². The van der Waals surface area contributed by atoms with Crippen LogP contribution in [0.25, 0.3) is 0 Å². The van der Waals surface area contributed by atoms with Crippen LogP contribution >= 0.6 is 0 Å². The number of nitrogens with zero attached hydrogens (tertiary/aromatic N) is 4. The van der Waals surface area contributed by atoms with Crippen molar-refractivity contribution < 1.29 is 19.1 Å². The Hall–Kier alpha value is -3.90. The molecule has 2 fully saturated rings. The maximum atomic E-state index is 13.7. The lowest BCUT2D eigenvalue weighted by molar-refractivity contribution is -0.143. The monoisotopic (exact) mass is 543 g/mol. The van der Waals surface area contributed by atoms with E-state index in [4.69, 9.17) is 20.3 Å². The summed E-state index contributed by atoms with van der Waals surface area (Å²) in [6.07, 6.45) is 5.52. The standard InChI is InChI=1S/C31H37N5O4/c1-39-27-12-11-21(18-28(27)40-2)29-24-9-5-6-10-25(24)30(37)36(34-29)23-13-15-35(16-14-23)31(38)26(33)17-20-7-3-4-8-22(20)19-32/h3-4,7-8,11-12,18,23-26H,5-6,9-10,13-17,33H2,1-2H3/t24-,25+,26+/m0/s1. The zero-order valence-electron chi connectivity index (χ0n) is 23.2. The van der Waals surface area contributed by atoms with Gasteiger partial charge in [-0.25, -0.2) is 5.01 Å². The molecule has 0 unspecified atom stereocenters. The minimum atomic E-state index is -0.722. The molecule has 2 aliphatic heterocycles. The number of hydrazone groups is 1. The van der Waals surface area contributed by atoms with E-state index in [1.807, 2.05) is 30.3 Å². The van der Waals surface area contributed by atoms with E-state index in [0.717, 1.165) is 42.5 Å². The second-order valence-corrected chi connectivity index (χ2v) is 10.9. The first-order valence-corrected chi connectivity index (χ1v) is 14.1. The lowest BCUT2D eigenvalue weighted by Crippen LogP contribution is -2.54. The number of methoxy groups -OCH3 is 2. The number of amides is 2. The fraction of sp³-hybridized carbons (Fsp3) is 0.484. The SMILES string of the molecule is COc1ccc(C2=NN(C3CCN(C(=O)[C@H](N)Cc4ccccc4C#N)CC3)C(=O)[C@@H]3CCCC[C@H]23)cc1OC. The predicted octanol–water partition coefficient (Wildman–Crippen LogP) is 3.49. The fourth-order valence-electron chi connectivity index (χ4n) is 6.39. The molecule has 3 atom stereocenters. The summed E-state index contributed by atoms with van der Waals surface area (Å²) in [5.41, 5.74) is 9.49. The summed E-state index contributed by atoms with van der Waals surface area (Å²) >= 11 is 0. The summed E-state index contributed by atoms with van der Waals surface area (Å²) < 4.78 is 11.0. The molecule has 0 aromatic heterocycles. The van der Waals surface area contributed by atoms with Gasteiger partial charge in [-0.2, -0.15) is 10.4 Å². The summed E-state index contributed by atoms with van der Waals surface area (Å²) in [4.78, 5) is 28.7. The van der Waals surface area contributed by atoms with E-state index in [0.29, 0.717) is 49.4 Å². The summed E-state index contributed by atoms with van der Waals surface area (Å²) in [7, 11) is 3.23. The minimum Gasteiger partial charge on any atom is -0.493 e. The Kier molecular flexibility index (Phi) is 8.36. The number of rotatable bonds is 7. The Morgan fingerprint density at radius 1 is 1.05 bits per heavy atom. The van der Waals surface area contributed by atoms with Crippen molar-refractivity contribution in [1.82, 2.24) is 9.91 Å². The van der Waals surface area contributed by atoms with Crippen LogP contribution in [0.1, 0.15) is 55.2 Å². The summed E-state index contributed by atoms with van der Waals surface area (Å²) in [5, 5.41) is 16.1. The molecule has 9 heteroatoms. The largest absolute Gasteiger partial charge is 0.493 e. The lowest BCUT2D eigenvalue weighted by atomic mass is 9.73. The topological polar surface area (TPSA) is 121 Å². The number of fused-ring (bicyclic) bond motifs is 1. The van der Waals surface area contributed by atoms with Crippen molar-refractivity contribution >= 4 is 17.5 Å². The normalized spacial score (nSPS) is 22.1. The van der Waals surface area contributed by atoms with E-state index in [2.05, 4.69) is 6.07 Å². The lowest BCUT2D eigenvalue weighted by Gasteiger charge is -2.43. The highest BCUT2D eigenvalue weighted by Crippen LogP contribution is 2.40. The van der Waals surface area contributed by atoms with Crippen LogP contribution in [0.3, 0.4) is 0 Å². The van der Waals surface area contributed by atoms with E-state index < -0.39 is 6.04 Å². The molecule has 40 heavy (non-hydrogen) atoms. The number of hydrogen-bond donors (Lipinski definition) is 1. The highest BCUT2D eigenvalue weighted by Gasteiger charge is 2.44. The van der Waals surface area contributed by atoms with Gasteiger partial charge in [-0.1, -0.05) is 31.0 Å². The third-order valence-corrected chi connectivity index (χ3v) is 8.57. The Morgan fingerprint density at radius 3 is 2.45 bits per heavy atom. The molecule has 5 rings (SSSR count). The molecular weight excluding hydrogens is 506 g/mol. The van der Waals surface area contributed by atoms with Crippen LogP contribution < -0.4 is 15.2 Å². The molecule has 1 aliphatic carbocycles. The van der Waals surface area contributed by atoms with Crippen molar-refractivity contribution in [1.29, 1.82) is 5.26 Å². The first-order chi connectivity index (χ1) is 19.4. The molecule has 0 bridgehead atoms. The first kappa shape index (κ1) is 27.7. The quantitative estimate of drug-likeness (QED) is 0.571. The van der Waals surface area contributed by atoms with Gasteiger partial charge in [0.1, 0.15) is 0 Å². The average Bonchev–Trinajstić information content (AvgIpc) is 3.01. The van der Waals surface area contributed by atoms with E-state index in [9.17, 15) is 14.9 Å². The molecule has 2 N–H and O–H groups in total. The van der Waals surface area contributed by atoms with Crippen molar-refractivity contribution in [2.24, 2.45) is 22.7 Å². The third kappa shape index (κ3) is 5.41.